The van der Waals surface area contributed by atoms with Gasteiger partial charge < -0.3 is 14.4 Å². The maximum absolute atomic E-state index is 13.3. The van der Waals surface area contributed by atoms with Gasteiger partial charge in [-0.3, -0.25) is 4.79 Å². The number of carbonyl (C=O) groups is 1. The molecule has 5 heterocycles. The highest BCUT2D eigenvalue weighted by Crippen LogP contribution is 2.44. The van der Waals surface area contributed by atoms with Crippen LogP contribution in [0, 0.1) is 11.3 Å². The molecule has 3 aliphatic rings. The van der Waals surface area contributed by atoms with Crippen LogP contribution in [0.4, 0.5) is 0 Å². The molecular formula is C23H17N3O4S. The second kappa shape index (κ2) is 6.19. The Morgan fingerprint density at radius 1 is 1.32 bits per heavy atom. The molecule has 0 amide bonds. The van der Waals surface area contributed by atoms with E-state index in [2.05, 4.69) is 6.07 Å². The summed E-state index contributed by atoms with van der Waals surface area (Å²) in [5.41, 5.74) is 3.42. The number of benzene rings is 1. The molecular weight excluding hydrogens is 414 g/mol. The molecule has 3 aliphatic heterocycles. The van der Waals surface area contributed by atoms with Gasteiger partial charge in [-0.05, 0) is 36.6 Å². The third kappa shape index (κ3) is 2.25. The SMILES string of the molecule is CCC1(O)C(=O)OCc2c1cc1n(c2=O)Cc2c-1nc1ccc(C#N)c3c1c2CCS3. The summed E-state index contributed by atoms with van der Waals surface area (Å²) in [6.07, 6.45) is 0.944. The van der Waals surface area contributed by atoms with Gasteiger partial charge in [0.25, 0.3) is 5.56 Å². The molecule has 0 bridgehead atoms. The van der Waals surface area contributed by atoms with E-state index in [0.29, 0.717) is 34.6 Å². The standard InChI is InChI=1S/C23H17N3O4S/c1-2-23(29)15-7-17-19-13(9-26(17)21(27)14(15)10-30-22(23)28)12-5-6-31-20-11(8-24)3-4-16(25-19)18(12)20/h3-4,7,29H,2,5-6,9-10H2,1H3. The van der Waals surface area contributed by atoms with Crippen LogP contribution in [0.3, 0.4) is 0 Å². The van der Waals surface area contributed by atoms with Crippen molar-refractivity contribution in [2.24, 2.45) is 0 Å². The van der Waals surface area contributed by atoms with E-state index in [1.807, 2.05) is 6.07 Å². The number of pyridine rings is 2. The second-order valence-corrected chi connectivity index (χ2v) is 9.17. The zero-order valence-electron chi connectivity index (χ0n) is 16.7. The molecule has 0 fully saturated rings. The molecule has 1 aromatic carbocycles. The van der Waals surface area contributed by atoms with Crippen molar-refractivity contribution >= 4 is 28.6 Å². The molecule has 0 saturated heterocycles. The monoisotopic (exact) mass is 431 g/mol. The average Bonchev–Trinajstić information content (AvgIpc) is 3.16. The lowest BCUT2D eigenvalue weighted by molar-refractivity contribution is -0.172. The summed E-state index contributed by atoms with van der Waals surface area (Å²) in [5.74, 6) is 0.133. The fraction of sp³-hybridized carbons (Fsp3) is 0.304. The van der Waals surface area contributed by atoms with Gasteiger partial charge in [-0.25, -0.2) is 9.78 Å². The van der Waals surface area contributed by atoms with Crippen LogP contribution in [-0.2, 0) is 34.7 Å². The number of ether oxygens (including phenoxy) is 1. The summed E-state index contributed by atoms with van der Waals surface area (Å²) in [6.45, 7) is 1.94. The smallest absolute Gasteiger partial charge is 0.343 e. The zero-order chi connectivity index (χ0) is 21.5. The van der Waals surface area contributed by atoms with Gasteiger partial charge in [-0.15, -0.1) is 11.8 Å². The summed E-state index contributed by atoms with van der Waals surface area (Å²) in [6, 6.07) is 7.65. The van der Waals surface area contributed by atoms with Gasteiger partial charge in [0.15, 0.2) is 5.60 Å². The first kappa shape index (κ1) is 18.6. The predicted molar refractivity (Wildman–Crippen MR) is 114 cm³/mol. The van der Waals surface area contributed by atoms with Gasteiger partial charge >= 0.3 is 5.97 Å². The van der Waals surface area contributed by atoms with Crippen LogP contribution in [0.2, 0.25) is 0 Å². The number of carbonyl (C=O) groups excluding carboxylic acids is 1. The molecule has 31 heavy (non-hydrogen) atoms. The minimum atomic E-state index is -1.83. The molecule has 154 valence electrons. The van der Waals surface area contributed by atoms with Crippen molar-refractivity contribution < 1.29 is 14.6 Å². The Balaban J connectivity index is 1.67. The molecule has 2 aromatic heterocycles. The highest BCUT2D eigenvalue weighted by Gasteiger charge is 2.45. The van der Waals surface area contributed by atoms with Crippen LogP contribution in [0.5, 0.6) is 0 Å². The molecule has 3 aromatic rings. The first-order valence-corrected chi connectivity index (χ1v) is 11.1. The van der Waals surface area contributed by atoms with Gasteiger partial charge in [0.1, 0.15) is 12.7 Å². The van der Waals surface area contributed by atoms with Crippen LogP contribution >= 0.6 is 11.8 Å². The molecule has 1 atom stereocenters. The second-order valence-electron chi connectivity index (χ2n) is 8.07. The number of hydrogen-bond donors (Lipinski definition) is 1. The van der Waals surface area contributed by atoms with Crippen molar-refractivity contribution in [2.75, 3.05) is 5.75 Å². The van der Waals surface area contributed by atoms with E-state index in [0.717, 1.165) is 39.1 Å². The Kier molecular flexibility index (Phi) is 3.71. The number of rotatable bonds is 1. The van der Waals surface area contributed by atoms with Gasteiger partial charge in [-0.2, -0.15) is 5.26 Å². The molecule has 1 unspecified atom stereocenters. The Labute approximate surface area is 181 Å². The number of aryl methyl sites for hydroxylation is 1. The van der Waals surface area contributed by atoms with E-state index in [4.69, 9.17) is 9.72 Å². The highest BCUT2D eigenvalue weighted by atomic mass is 32.2. The van der Waals surface area contributed by atoms with E-state index in [9.17, 15) is 20.0 Å². The maximum atomic E-state index is 13.3. The average molecular weight is 431 g/mol. The van der Waals surface area contributed by atoms with Crippen molar-refractivity contribution in [1.82, 2.24) is 9.55 Å². The fourth-order valence-corrected chi connectivity index (χ4v) is 6.15. The third-order valence-electron chi connectivity index (χ3n) is 6.64. The van der Waals surface area contributed by atoms with Crippen molar-refractivity contribution in [1.29, 1.82) is 5.26 Å². The quantitative estimate of drug-likeness (QED) is 0.462. The van der Waals surface area contributed by atoms with Crippen LogP contribution in [0.15, 0.2) is 27.9 Å². The Bertz CT molecular complexity index is 1450. The number of hydrogen-bond acceptors (Lipinski definition) is 7. The highest BCUT2D eigenvalue weighted by molar-refractivity contribution is 7.99. The van der Waals surface area contributed by atoms with Gasteiger partial charge in [0.05, 0.1) is 34.6 Å². The van der Waals surface area contributed by atoms with Gasteiger partial charge in [0, 0.05) is 27.2 Å². The summed E-state index contributed by atoms with van der Waals surface area (Å²) < 4.78 is 6.80. The molecule has 1 N–H and O–H groups in total. The summed E-state index contributed by atoms with van der Waals surface area (Å²) in [4.78, 5) is 31.5. The van der Waals surface area contributed by atoms with Crippen LogP contribution in [-0.4, -0.2) is 26.4 Å². The number of nitriles is 1. The lowest BCUT2D eigenvalue weighted by Crippen LogP contribution is -2.44. The summed E-state index contributed by atoms with van der Waals surface area (Å²) in [5, 5.41) is 21.5. The minimum absolute atomic E-state index is 0.114. The van der Waals surface area contributed by atoms with Crippen molar-refractivity contribution in [3.05, 3.63) is 56.4 Å². The van der Waals surface area contributed by atoms with E-state index >= 15 is 0 Å². The number of cyclic esters (lactones) is 1. The number of esters is 1. The van der Waals surface area contributed by atoms with Gasteiger partial charge in [0.2, 0.25) is 0 Å². The van der Waals surface area contributed by atoms with Crippen LogP contribution < -0.4 is 5.56 Å². The molecule has 6 rings (SSSR count). The molecule has 0 radical (unpaired) electrons. The Hall–Kier alpha value is -3.15. The maximum Gasteiger partial charge on any atom is 0.343 e. The normalized spacial score (nSPS) is 20.6. The zero-order valence-corrected chi connectivity index (χ0v) is 17.5. The summed E-state index contributed by atoms with van der Waals surface area (Å²) in [7, 11) is 0. The largest absolute Gasteiger partial charge is 0.458 e. The lowest BCUT2D eigenvalue weighted by Gasteiger charge is -2.31. The van der Waals surface area contributed by atoms with Gasteiger partial charge in [-0.1, -0.05) is 6.92 Å². The number of fused-ring (bicyclic) bond motifs is 5. The first-order valence-electron chi connectivity index (χ1n) is 10.2. The number of nitrogens with zero attached hydrogens (tertiary/aromatic N) is 3. The first-order chi connectivity index (χ1) is 15.0. The van der Waals surface area contributed by atoms with Crippen LogP contribution in [0.25, 0.3) is 22.3 Å². The van der Waals surface area contributed by atoms with E-state index in [1.54, 1.807) is 35.4 Å². The van der Waals surface area contributed by atoms with Crippen molar-refractivity contribution in [2.45, 2.75) is 43.4 Å². The summed E-state index contributed by atoms with van der Waals surface area (Å²) >= 11 is 1.67. The Morgan fingerprint density at radius 3 is 2.94 bits per heavy atom. The van der Waals surface area contributed by atoms with Crippen molar-refractivity contribution in [3.63, 3.8) is 0 Å². The topological polar surface area (TPSA) is 105 Å². The Morgan fingerprint density at radius 2 is 2.16 bits per heavy atom. The molecule has 0 saturated carbocycles. The molecule has 8 heteroatoms. The van der Waals surface area contributed by atoms with Crippen LogP contribution in [0.1, 0.15) is 41.2 Å². The molecule has 0 spiro atoms. The van der Waals surface area contributed by atoms with E-state index < -0.39 is 11.6 Å². The number of aliphatic hydroxyl groups is 1. The van der Waals surface area contributed by atoms with E-state index in [1.165, 1.54) is 0 Å². The number of aromatic nitrogens is 2. The predicted octanol–water partition coefficient (Wildman–Crippen LogP) is 2.60. The lowest BCUT2D eigenvalue weighted by atomic mass is 9.86. The minimum Gasteiger partial charge on any atom is -0.458 e. The number of thioether (sulfide) groups is 1. The van der Waals surface area contributed by atoms with Crippen molar-refractivity contribution in [3.8, 4) is 17.5 Å². The molecule has 7 nitrogen and oxygen atoms in total. The fourth-order valence-electron chi connectivity index (χ4n) is 5.00. The third-order valence-corrected chi connectivity index (χ3v) is 7.76. The molecule has 0 aliphatic carbocycles. The van der Waals surface area contributed by atoms with E-state index in [-0.39, 0.29) is 18.6 Å².